The molecule has 1 saturated heterocycles. The summed E-state index contributed by atoms with van der Waals surface area (Å²) in [5, 5.41) is 20.2. The largest absolute Gasteiger partial charge is 0.481 e. The van der Waals surface area contributed by atoms with Crippen molar-refractivity contribution in [3.63, 3.8) is 0 Å². The van der Waals surface area contributed by atoms with E-state index in [9.17, 15) is 19.5 Å². The van der Waals surface area contributed by atoms with Crippen molar-refractivity contribution in [2.45, 2.75) is 72.7 Å². The summed E-state index contributed by atoms with van der Waals surface area (Å²) in [5.41, 5.74) is -0.557. The maximum Gasteiger partial charge on any atom is 0.315 e. The Balaban J connectivity index is 1.17. The number of carboxylic acids is 1. The third-order valence-electron chi connectivity index (χ3n) is 12.1. The van der Waals surface area contributed by atoms with Crippen molar-refractivity contribution in [3.05, 3.63) is 53.4 Å². The Bertz CT molecular complexity index is 1550. The molecule has 0 radical (unpaired) electrons. The zero-order valence-electron chi connectivity index (χ0n) is 26.8. The van der Waals surface area contributed by atoms with E-state index in [2.05, 4.69) is 23.2 Å². The van der Waals surface area contributed by atoms with Crippen LogP contribution in [0.25, 0.3) is 5.69 Å². The summed E-state index contributed by atoms with van der Waals surface area (Å²) in [6, 6.07) is 9.46. The molecule has 7 rings (SSSR count). The van der Waals surface area contributed by atoms with Crippen molar-refractivity contribution < 1.29 is 29.0 Å². The fourth-order valence-corrected chi connectivity index (χ4v) is 10.4. The first kappa shape index (κ1) is 30.3. The number of aromatic nitrogens is 3. The second-order valence-electron chi connectivity index (χ2n) is 14.6. The minimum atomic E-state index is -1.31. The van der Waals surface area contributed by atoms with Crippen molar-refractivity contribution in [2.75, 3.05) is 19.7 Å². The second kappa shape index (κ2) is 10.6. The number of rotatable bonds is 8. The molecule has 45 heavy (non-hydrogen) atoms. The van der Waals surface area contributed by atoms with Gasteiger partial charge in [-0.2, -0.15) is 9.90 Å². The van der Waals surface area contributed by atoms with Gasteiger partial charge in [0, 0.05) is 12.0 Å². The zero-order valence-corrected chi connectivity index (χ0v) is 26.8. The highest BCUT2D eigenvalue weighted by molar-refractivity contribution is 5.93. The van der Waals surface area contributed by atoms with Crippen LogP contribution in [-0.4, -0.2) is 75.3 Å². The number of amides is 1. The molecular formula is C35H44N4O6. The maximum atomic E-state index is 13.8. The van der Waals surface area contributed by atoms with E-state index in [1.54, 1.807) is 11.8 Å². The maximum absolute atomic E-state index is 13.8. The molecule has 9 atom stereocenters. The van der Waals surface area contributed by atoms with Gasteiger partial charge in [0.05, 0.1) is 36.1 Å². The molecule has 1 aromatic heterocycles. The number of para-hydroxylation sites is 1. The predicted molar refractivity (Wildman–Crippen MR) is 164 cm³/mol. The molecule has 4 bridgehead atoms. The van der Waals surface area contributed by atoms with Gasteiger partial charge in [-0.3, -0.25) is 9.59 Å². The van der Waals surface area contributed by atoms with Gasteiger partial charge in [0.1, 0.15) is 11.7 Å². The first-order valence-corrected chi connectivity index (χ1v) is 16.5. The number of morpholine rings is 1. The van der Waals surface area contributed by atoms with E-state index in [1.165, 1.54) is 4.80 Å². The van der Waals surface area contributed by atoms with Gasteiger partial charge in [-0.25, -0.2) is 0 Å². The number of carboxylic acid groups (broad SMARTS) is 1. The van der Waals surface area contributed by atoms with Crippen molar-refractivity contribution in [1.82, 2.24) is 19.9 Å². The SMILES string of the molecule is Cc1nn(-c2ccccc2)nc1C(=O)N1C[C@H](OCC23CC4C(CC[C@H]4C)[C@@]4(C=O)CC2C=C(C(C)C)C34C(=O)O)O[C@H](C)C1. The quantitative estimate of drug-likeness (QED) is 0.334. The molecule has 5 unspecified atom stereocenters. The van der Waals surface area contributed by atoms with Gasteiger partial charge in [0.2, 0.25) is 0 Å². The van der Waals surface area contributed by atoms with Crippen LogP contribution < -0.4 is 0 Å². The van der Waals surface area contributed by atoms with E-state index in [0.29, 0.717) is 31.0 Å². The van der Waals surface area contributed by atoms with E-state index >= 15 is 0 Å². The summed E-state index contributed by atoms with van der Waals surface area (Å²) < 4.78 is 12.9. The van der Waals surface area contributed by atoms with Gasteiger partial charge in [-0.1, -0.05) is 57.0 Å². The topological polar surface area (TPSA) is 124 Å². The van der Waals surface area contributed by atoms with E-state index in [4.69, 9.17) is 9.47 Å². The van der Waals surface area contributed by atoms with Crippen LogP contribution in [0.2, 0.25) is 0 Å². The van der Waals surface area contributed by atoms with Crippen LogP contribution in [0.5, 0.6) is 0 Å². The number of aldehydes is 1. The highest BCUT2D eigenvalue weighted by Crippen LogP contribution is 2.82. The molecule has 1 N–H and O–H groups in total. The molecule has 1 aromatic carbocycles. The average molecular weight is 617 g/mol. The number of ether oxygens (including phenoxy) is 2. The number of carbonyl (C=O) groups excluding carboxylic acids is 2. The number of fused-ring (bicyclic) bond motifs is 2. The Morgan fingerprint density at radius 2 is 1.89 bits per heavy atom. The van der Waals surface area contributed by atoms with Gasteiger partial charge in [0.25, 0.3) is 5.91 Å². The van der Waals surface area contributed by atoms with Crippen LogP contribution >= 0.6 is 0 Å². The normalized spacial score (nSPS) is 38.4. The Morgan fingerprint density at radius 3 is 2.58 bits per heavy atom. The standard InChI is InChI=1S/C35H44N4O6/c1-20(2)28-13-24-14-33(18-40)27-12-11-21(3)26(27)15-34(24,35(28,33)32(42)43)19-44-29-17-38(16-22(4)45-29)31(41)30-23(5)36-39(37-30)25-9-7-6-8-10-25/h6-10,13,18,20-22,24,26-27,29H,11-12,14-17,19H2,1-5H3,(H,42,43)/t21-,22-,24?,26?,27?,29-,33+,34?,35?/m1/s1. The fraction of sp³-hybridized carbons (Fsp3) is 0.629. The van der Waals surface area contributed by atoms with Crippen LogP contribution in [0.4, 0.5) is 0 Å². The van der Waals surface area contributed by atoms with Crippen LogP contribution in [0.1, 0.15) is 69.6 Å². The van der Waals surface area contributed by atoms with E-state index < -0.39 is 28.5 Å². The molecule has 2 aromatic rings. The smallest absolute Gasteiger partial charge is 0.315 e. The molecule has 10 heteroatoms. The highest BCUT2D eigenvalue weighted by atomic mass is 16.7. The van der Waals surface area contributed by atoms with Crippen molar-refractivity contribution in [1.29, 1.82) is 0 Å². The Kier molecular flexibility index (Phi) is 7.13. The number of benzene rings is 1. The number of carbonyl (C=O) groups is 3. The number of nitrogens with zero attached hydrogens (tertiary/aromatic N) is 4. The minimum Gasteiger partial charge on any atom is -0.481 e. The molecule has 5 aliphatic rings. The third kappa shape index (κ3) is 4.03. The molecule has 1 amide bonds. The lowest BCUT2D eigenvalue weighted by molar-refractivity contribution is -0.232. The van der Waals surface area contributed by atoms with Gasteiger partial charge >= 0.3 is 5.97 Å². The van der Waals surface area contributed by atoms with Crippen LogP contribution in [0.15, 0.2) is 42.0 Å². The lowest BCUT2D eigenvalue weighted by atomic mass is 9.43. The molecule has 4 aliphatic carbocycles. The van der Waals surface area contributed by atoms with E-state index in [1.807, 2.05) is 51.1 Å². The lowest BCUT2D eigenvalue weighted by Crippen LogP contribution is -2.64. The number of hydrogen-bond acceptors (Lipinski definition) is 7. The Labute approximate surface area is 264 Å². The van der Waals surface area contributed by atoms with E-state index in [-0.39, 0.29) is 54.5 Å². The van der Waals surface area contributed by atoms with Crippen molar-refractivity contribution in [2.24, 2.45) is 45.8 Å². The summed E-state index contributed by atoms with van der Waals surface area (Å²) in [6.45, 7) is 10.7. The molecule has 0 spiro atoms. The zero-order chi connectivity index (χ0) is 31.9. The Morgan fingerprint density at radius 1 is 1.13 bits per heavy atom. The van der Waals surface area contributed by atoms with Crippen molar-refractivity contribution >= 4 is 18.2 Å². The Hall–Kier alpha value is -3.37. The lowest BCUT2D eigenvalue weighted by Gasteiger charge is -2.58. The van der Waals surface area contributed by atoms with Gasteiger partial charge in [-0.05, 0) is 74.8 Å². The van der Waals surface area contributed by atoms with E-state index in [0.717, 1.165) is 30.4 Å². The number of aryl methyl sites for hydroxylation is 1. The summed E-state index contributed by atoms with van der Waals surface area (Å²) in [5.74, 6) is -0.461. The molecule has 1 aliphatic heterocycles. The summed E-state index contributed by atoms with van der Waals surface area (Å²) in [6.07, 6.45) is 5.34. The van der Waals surface area contributed by atoms with Crippen LogP contribution in [0, 0.1) is 52.8 Å². The number of aliphatic carboxylic acids is 1. The van der Waals surface area contributed by atoms with Gasteiger partial charge < -0.3 is 24.3 Å². The molecule has 3 saturated carbocycles. The molecule has 10 nitrogen and oxygen atoms in total. The summed E-state index contributed by atoms with van der Waals surface area (Å²) >= 11 is 0. The summed E-state index contributed by atoms with van der Waals surface area (Å²) in [4.78, 5) is 44.0. The monoisotopic (exact) mass is 616 g/mol. The van der Waals surface area contributed by atoms with Gasteiger partial charge in [-0.15, -0.1) is 5.10 Å². The summed E-state index contributed by atoms with van der Waals surface area (Å²) in [7, 11) is 0. The molecule has 2 heterocycles. The third-order valence-corrected chi connectivity index (χ3v) is 12.1. The predicted octanol–water partition coefficient (Wildman–Crippen LogP) is 4.70. The average Bonchev–Trinajstić information content (AvgIpc) is 3.72. The highest BCUT2D eigenvalue weighted by Gasteiger charge is 2.84. The molecular weight excluding hydrogens is 572 g/mol. The molecule has 240 valence electrons. The van der Waals surface area contributed by atoms with Crippen LogP contribution in [0.3, 0.4) is 0 Å². The first-order chi connectivity index (χ1) is 21.5. The number of hydrogen-bond donors (Lipinski definition) is 1. The van der Waals surface area contributed by atoms with Gasteiger partial charge in [0.15, 0.2) is 12.0 Å². The van der Waals surface area contributed by atoms with Crippen LogP contribution in [-0.2, 0) is 19.1 Å². The number of allylic oxidation sites excluding steroid dienone is 1. The minimum absolute atomic E-state index is 0.00733. The fourth-order valence-electron chi connectivity index (χ4n) is 10.4. The van der Waals surface area contributed by atoms with Crippen molar-refractivity contribution in [3.8, 4) is 5.69 Å². The first-order valence-electron chi connectivity index (χ1n) is 16.5. The second-order valence-corrected chi connectivity index (χ2v) is 14.6. The molecule has 4 fully saturated rings.